The Balaban J connectivity index is 3.41. The summed E-state index contributed by atoms with van der Waals surface area (Å²) in [5, 5.41) is 9.83. The summed E-state index contributed by atoms with van der Waals surface area (Å²) in [6.07, 6.45) is 0. The van der Waals surface area contributed by atoms with Gasteiger partial charge in [-0.05, 0) is 34.3 Å². The third kappa shape index (κ3) is 3.61. The first kappa shape index (κ1) is 19.3. The van der Waals surface area contributed by atoms with Crippen LogP contribution in [0.25, 0.3) is 0 Å². The van der Waals surface area contributed by atoms with Gasteiger partial charge < -0.3 is 14.3 Å². The van der Waals surface area contributed by atoms with Gasteiger partial charge in [0.25, 0.3) is 8.32 Å². The van der Waals surface area contributed by atoms with Gasteiger partial charge in [-0.15, -0.1) is 0 Å². The average molecular weight is 345 g/mol. The Bertz CT molecular complexity index is 479. The van der Waals surface area contributed by atoms with E-state index in [2.05, 4.69) is 41.5 Å². The highest BCUT2D eigenvalue weighted by Crippen LogP contribution is 2.47. The first-order valence-corrected chi connectivity index (χ1v) is 10.4. The highest BCUT2D eigenvalue weighted by molar-refractivity contribution is 6.78. The van der Waals surface area contributed by atoms with Crippen LogP contribution >= 0.6 is 11.6 Å². The molecule has 0 aliphatic carbocycles. The van der Waals surface area contributed by atoms with Crippen LogP contribution in [0.2, 0.25) is 21.6 Å². The van der Waals surface area contributed by atoms with Crippen LogP contribution in [-0.4, -0.2) is 20.5 Å². The molecule has 22 heavy (non-hydrogen) atoms. The maximum atomic E-state index is 9.32. The smallest absolute Gasteiger partial charge is 0.258 e. The third-order valence-electron chi connectivity index (χ3n) is 4.46. The summed E-state index contributed by atoms with van der Waals surface area (Å²) in [7, 11) is -0.502. The zero-order valence-corrected chi connectivity index (χ0v) is 16.5. The Morgan fingerprint density at radius 2 is 1.55 bits per heavy atom. The number of hydrogen-bond acceptors (Lipinski definition) is 3. The van der Waals surface area contributed by atoms with Crippen molar-refractivity contribution in [1.82, 2.24) is 0 Å². The number of hydrogen-bond donors (Lipinski definition) is 1. The summed E-state index contributed by atoms with van der Waals surface area (Å²) in [5.74, 6) is 1.21. The molecular weight excluding hydrogens is 316 g/mol. The Labute approximate surface area is 140 Å². The Morgan fingerprint density at radius 3 is 1.91 bits per heavy atom. The minimum absolute atomic E-state index is 0.0720. The largest absolute Gasteiger partial charge is 0.539 e. The molecule has 1 N–H and O–H groups in total. The molecule has 1 rings (SSSR count). The summed E-state index contributed by atoms with van der Waals surface area (Å²) >= 11 is 6.42. The van der Waals surface area contributed by atoms with Crippen molar-refractivity contribution in [3.05, 3.63) is 22.7 Å². The molecule has 0 radical (unpaired) electrons. The van der Waals surface area contributed by atoms with Gasteiger partial charge in [0.2, 0.25) is 0 Å². The van der Waals surface area contributed by atoms with Crippen LogP contribution in [0.4, 0.5) is 0 Å². The molecule has 0 atom stereocenters. The van der Waals surface area contributed by atoms with Gasteiger partial charge in [-0.3, -0.25) is 0 Å². The molecule has 3 nitrogen and oxygen atoms in total. The normalized spacial score (nSPS) is 12.4. The van der Waals surface area contributed by atoms with E-state index in [1.54, 1.807) is 19.2 Å². The van der Waals surface area contributed by atoms with E-state index in [0.29, 0.717) is 33.1 Å². The van der Waals surface area contributed by atoms with Crippen molar-refractivity contribution in [3.63, 3.8) is 0 Å². The van der Waals surface area contributed by atoms with Crippen molar-refractivity contribution in [2.45, 2.75) is 64.8 Å². The quantitative estimate of drug-likeness (QED) is 0.673. The standard InChI is InChI=1S/C17H29ClO3Si/c1-11(2)22(12(3)4,13(5)6)21-17-15(18)8-14(10-19)9-16(17)20-7/h8-9,11-13,19H,10H2,1-7H3. The van der Waals surface area contributed by atoms with E-state index < -0.39 is 8.32 Å². The molecule has 0 fully saturated rings. The second-order valence-electron chi connectivity index (χ2n) is 6.69. The molecular formula is C17H29ClO3Si. The van der Waals surface area contributed by atoms with Crippen molar-refractivity contribution in [3.8, 4) is 11.5 Å². The number of benzene rings is 1. The van der Waals surface area contributed by atoms with E-state index in [1.807, 2.05) is 0 Å². The zero-order chi connectivity index (χ0) is 17.1. The predicted molar refractivity (Wildman–Crippen MR) is 95.6 cm³/mol. The maximum absolute atomic E-state index is 9.32. The molecule has 0 amide bonds. The van der Waals surface area contributed by atoms with E-state index in [4.69, 9.17) is 20.8 Å². The van der Waals surface area contributed by atoms with E-state index in [0.717, 1.165) is 5.56 Å². The summed E-state index contributed by atoms with van der Waals surface area (Å²) in [5.41, 5.74) is 2.07. The van der Waals surface area contributed by atoms with Crippen molar-refractivity contribution in [2.75, 3.05) is 7.11 Å². The average Bonchev–Trinajstić information content (AvgIpc) is 2.43. The minimum Gasteiger partial charge on any atom is -0.539 e. The number of ether oxygens (including phenoxy) is 1. The topological polar surface area (TPSA) is 38.7 Å². The van der Waals surface area contributed by atoms with E-state index in [1.165, 1.54) is 0 Å². The maximum Gasteiger partial charge on any atom is 0.258 e. The second kappa shape index (κ2) is 7.71. The number of aliphatic hydroxyl groups is 1. The monoisotopic (exact) mass is 344 g/mol. The summed E-state index contributed by atoms with van der Waals surface area (Å²) in [6, 6.07) is 3.54. The molecule has 0 unspecified atom stereocenters. The van der Waals surface area contributed by atoms with Gasteiger partial charge in [0, 0.05) is 0 Å². The fourth-order valence-electron chi connectivity index (χ4n) is 3.49. The highest BCUT2D eigenvalue weighted by Gasteiger charge is 2.47. The van der Waals surface area contributed by atoms with Crippen molar-refractivity contribution in [1.29, 1.82) is 0 Å². The Kier molecular flexibility index (Phi) is 6.78. The van der Waals surface area contributed by atoms with E-state index in [9.17, 15) is 5.11 Å². The molecule has 0 aliphatic rings. The lowest BCUT2D eigenvalue weighted by atomic mass is 10.2. The predicted octanol–water partition coefficient (Wildman–Crippen LogP) is 5.40. The molecule has 5 heteroatoms. The first-order valence-electron chi connectivity index (χ1n) is 7.86. The van der Waals surface area contributed by atoms with Gasteiger partial charge >= 0.3 is 0 Å². The van der Waals surface area contributed by atoms with E-state index in [-0.39, 0.29) is 6.61 Å². The number of methoxy groups -OCH3 is 1. The van der Waals surface area contributed by atoms with Crippen LogP contribution in [0.5, 0.6) is 11.5 Å². The van der Waals surface area contributed by atoms with Gasteiger partial charge in [0.1, 0.15) is 0 Å². The molecule has 0 heterocycles. The molecule has 0 saturated heterocycles. The molecule has 0 saturated carbocycles. The van der Waals surface area contributed by atoms with Crippen LogP contribution in [0, 0.1) is 0 Å². The first-order chi connectivity index (χ1) is 10.2. The minimum atomic E-state index is -2.10. The number of aliphatic hydroxyl groups excluding tert-OH is 1. The van der Waals surface area contributed by atoms with E-state index >= 15 is 0 Å². The molecule has 1 aromatic carbocycles. The molecule has 0 spiro atoms. The number of rotatable bonds is 7. The van der Waals surface area contributed by atoms with Crippen LogP contribution in [-0.2, 0) is 6.61 Å². The molecule has 0 aromatic heterocycles. The summed E-state index contributed by atoms with van der Waals surface area (Å²) in [6.45, 7) is 13.3. The molecule has 126 valence electrons. The molecule has 0 bridgehead atoms. The fourth-order valence-corrected chi connectivity index (χ4v) is 9.10. The third-order valence-corrected chi connectivity index (χ3v) is 10.7. The highest BCUT2D eigenvalue weighted by atomic mass is 35.5. The van der Waals surface area contributed by atoms with Crippen molar-refractivity contribution >= 4 is 19.9 Å². The Morgan fingerprint density at radius 1 is 1.05 bits per heavy atom. The van der Waals surface area contributed by atoms with Crippen LogP contribution in [0.15, 0.2) is 12.1 Å². The SMILES string of the molecule is COc1cc(CO)cc(Cl)c1O[Si](C(C)C)(C(C)C)C(C)C. The summed E-state index contributed by atoms with van der Waals surface area (Å²) in [4.78, 5) is 0. The summed E-state index contributed by atoms with van der Waals surface area (Å²) < 4.78 is 12.1. The zero-order valence-electron chi connectivity index (χ0n) is 14.7. The lowest BCUT2D eigenvalue weighted by molar-refractivity contribution is 0.280. The Hall–Kier alpha value is -0.713. The number of halogens is 1. The van der Waals surface area contributed by atoms with Gasteiger partial charge in [0.05, 0.1) is 18.7 Å². The van der Waals surface area contributed by atoms with Crippen molar-refractivity contribution in [2.24, 2.45) is 0 Å². The lowest BCUT2D eigenvalue weighted by Gasteiger charge is -2.42. The van der Waals surface area contributed by atoms with Gasteiger partial charge in [-0.1, -0.05) is 53.1 Å². The van der Waals surface area contributed by atoms with Crippen LogP contribution in [0.3, 0.4) is 0 Å². The van der Waals surface area contributed by atoms with Crippen molar-refractivity contribution < 1.29 is 14.3 Å². The van der Waals surface area contributed by atoms with Crippen LogP contribution in [0.1, 0.15) is 47.1 Å². The lowest BCUT2D eigenvalue weighted by Crippen LogP contribution is -2.50. The van der Waals surface area contributed by atoms with Gasteiger partial charge in [-0.25, -0.2) is 0 Å². The molecule has 1 aromatic rings. The van der Waals surface area contributed by atoms with Crippen LogP contribution < -0.4 is 9.16 Å². The fraction of sp³-hybridized carbons (Fsp3) is 0.647. The second-order valence-corrected chi connectivity index (χ2v) is 12.5. The molecule has 0 aliphatic heterocycles. The van der Waals surface area contributed by atoms with Gasteiger partial charge in [0.15, 0.2) is 11.5 Å². The van der Waals surface area contributed by atoms with Gasteiger partial charge in [-0.2, -0.15) is 0 Å².